The summed E-state index contributed by atoms with van der Waals surface area (Å²) in [5.41, 5.74) is 0. The molecular weight excluding hydrogens is 168 g/mol. The second kappa shape index (κ2) is 3.56. The molecule has 2 rings (SSSR count). The minimum absolute atomic E-state index is 0.845. The molecule has 1 saturated carbocycles. The van der Waals surface area contributed by atoms with Gasteiger partial charge in [0.15, 0.2) is 0 Å². The first kappa shape index (κ1) is 8.85. The van der Waals surface area contributed by atoms with Gasteiger partial charge < -0.3 is 5.32 Å². The van der Waals surface area contributed by atoms with E-state index in [0.717, 1.165) is 17.9 Å². The van der Waals surface area contributed by atoms with Crippen LogP contribution in [0, 0.1) is 11.8 Å². The number of rotatable bonds is 2. The minimum Gasteiger partial charge on any atom is -0.316 e. The van der Waals surface area contributed by atoms with Crippen molar-refractivity contribution in [3.8, 4) is 0 Å². The third-order valence-corrected chi connectivity index (χ3v) is 4.31. The molecule has 0 radical (unpaired) electrons. The minimum atomic E-state index is 0.845. The highest BCUT2D eigenvalue weighted by Gasteiger charge is 2.38. The quantitative estimate of drug-likeness (QED) is 0.652. The summed E-state index contributed by atoms with van der Waals surface area (Å²) in [7, 11) is 2.23. The van der Waals surface area contributed by atoms with Crippen LogP contribution in [0.1, 0.15) is 12.8 Å². The summed E-state index contributed by atoms with van der Waals surface area (Å²) in [5.74, 6) is 1.95. The van der Waals surface area contributed by atoms with E-state index in [1.807, 2.05) is 11.9 Å². The number of nitrogens with one attached hydrogen (secondary N) is 1. The van der Waals surface area contributed by atoms with E-state index in [2.05, 4.69) is 22.9 Å². The van der Waals surface area contributed by atoms with Crippen LogP contribution >= 0.6 is 11.9 Å². The Morgan fingerprint density at radius 1 is 1.25 bits per heavy atom. The van der Waals surface area contributed by atoms with Crippen molar-refractivity contribution in [1.82, 2.24) is 9.62 Å². The van der Waals surface area contributed by atoms with Crippen LogP contribution in [0.25, 0.3) is 0 Å². The van der Waals surface area contributed by atoms with Crippen molar-refractivity contribution in [1.29, 1.82) is 0 Å². The largest absolute Gasteiger partial charge is 0.316 e. The Hall–Kier alpha value is 0.270. The Morgan fingerprint density at radius 2 is 1.83 bits per heavy atom. The molecule has 2 atom stereocenters. The van der Waals surface area contributed by atoms with E-state index in [1.54, 1.807) is 0 Å². The van der Waals surface area contributed by atoms with Gasteiger partial charge in [0, 0.05) is 6.04 Å². The standard InChI is InChI=1S/C9H18N2S/c1-11(12-2)9-3-7-5-10-6-8(7)4-9/h7-10H,3-6H2,1-2H3. The normalized spacial score (nSPS) is 40.8. The Kier molecular flexibility index (Phi) is 2.63. The molecule has 2 aliphatic rings. The van der Waals surface area contributed by atoms with Crippen LogP contribution in [0.5, 0.6) is 0 Å². The molecule has 0 aromatic rings. The molecule has 1 heterocycles. The number of hydrogen-bond donors (Lipinski definition) is 1. The monoisotopic (exact) mass is 186 g/mol. The zero-order valence-corrected chi connectivity index (χ0v) is 8.73. The third-order valence-electron chi connectivity index (χ3n) is 3.43. The summed E-state index contributed by atoms with van der Waals surface area (Å²) in [5, 5.41) is 3.48. The van der Waals surface area contributed by atoms with Gasteiger partial charge in [-0.3, -0.25) is 4.31 Å². The first-order chi connectivity index (χ1) is 5.81. The van der Waals surface area contributed by atoms with Gasteiger partial charge in [-0.25, -0.2) is 0 Å². The van der Waals surface area contributed by atoms with Crippen molar-refractivity contribution < 1.29 is 0 Å². The Balaban J connectivity index is 1.90. The molecule has 1 saturated heterocycles. The number of nitrogens with zero attached hydrogens (tertiary/aromatic N) is 1. The van der Waals surface area contributed by atoms with Gasteiger partial charge in [-0.2, -0.15) is 0 Å². The van der Waals surface area contributed by atoms with Crippen LogP contribution in [0.15, 0.2) is 0 Å². The van der Waals surface area contributed by atoms with E-state index >= 15 is 0 Å². The summed E-state index contributed by atoms with van der Waals surface area (Å²) in [6.45, 7) is 2.53. The molecule has 0 aromatic heterocycles. The van der Waals surface area contributed by atoms with Crippen molar-refractivity contribution in [2.45, 2.75) is 18.9 Å². The molecule has 1 aliphatic heterocycles. The highest BCUT2D eigenvalue weighted by molar-refractivity contribution is 7.96. The lowest BCUT2D eigenvalue weighted by Crippen LogP contribution is -2.25. The SMILES string of the molecule is CSN(C)C1CC2CNCC2C1. The van der Waals surface area contributed by atoms with Gasteiger partial charge >= 0.3 is 0 Å². The van der Waals surface area contributed by atoms with E-state index in [4.69, 9.17) is 0 Å². The van der Waals surface area contributed by atoms with Gasteiger partial charge in [0.1, 0.15) is 0 Å². The summed E-state index contributed by atoms with van der Waals surface area (Å²) >= 11 is 1.87. The summed E-state index contributed by atoms with van der Waals surface area (Å²) in [6, 6.07) is 0.845. The van der Waals surface area contributed by atoms with Crippen molar-refractivity contribution in [2.75, 3.05) is 26.4 Å². The average molecular weight is 186 g/mol. The van der Waals surface area contributed by atoms with Gasteiger partial charge in [0.05, 0.1) is 0 Å². The lowest BCUT2D eigenvalue weighted by molar-refractivity contribution is 0.392. The molecular formula is C9H18N2S. The van der Waals surface area contributed by atoms with E-state index < -0.39 is 0 Å². The summed E-state index contributed by atoms with van der Waals surface area (Å²) < 4.78 is 2.43. The Morgan fingerprint density at radius 3 is 2.33 bits per heavy atom. The van der Waals surface area contributed by atoms with Crippen LogP contribution in [-0.4, -0.2) is 36.7 Å². The fraction of sp³-hybridized carbons (Fsp3) is 1.00. The summed E-state index contributed by atoms with van der Waals surface area (Å²) in [6.07, 6.45) is 5.00. The van der Waals surface area contributed by atoms with Gasteiger partial charge in [0.2, 0.25) is 0 Å². The van der Waals surface area contributed by atoms with Gasteiger partial charge in [-0.15, -0.1) is 0 Å². The van der Waals surface area contributed by atoms with Crippen molar-refractivity contribution in [3.63, 3.8) is 0 Å². The fourth-order valence-corrected chi connectivity index (χ4v) is 3.05. The predicted molar refractivity (Wildman–Crippen MR) is 54.1 cm³/mol. The molecule has 2 unspecified atom stereocenters. The highest BCUT2D eigenvalue weighted by Crippen LogP contribution is 2.37. The van der Waals surface area contributed by atoms with Crippen LogP contribution in [-0.2, 0) is 0 Å². The van der Waals surface area contributed by atoms with E-state index in [-0.39, 0.29) is 0 Å². The molecule has 2 fully saturated rings. The van der Waals surface area contributed by atoms with E-state index in [9.17, 15) is 0 Å². The first-order valence-electron chi connectivity index (χ1n) is 4.79. The highest BCUT2D eigenvalue weighted by atomic mass is 32.2. The van der Waals surface area contributed by atoms with Crippen LogP contribution in [0.4, 0.5) is 0 Å². The van der Waals surface area contributed by atoms with E-state index in [1.165, 1.54) is 25.9 Å². The van der Waals surface area contributed by atoms with Gasteiger partial charge in [-0.1, -0.05) is 11.9 Å². The average Bonchev–Trinajstić information content (AvgIpc) is 2.60. The van der Waals surface area contributed by atoms with Gasteiger partial charge in [0.25, 0.3) is 0 Å². The third kappa shape index (κ3) is 1.50. The molecule has 1 aliphatic carbocycles. The molecule has 70 valence electrons. The van der Waals surface area contributed by atoms with Crippen LogP contribution < -0.4 is 5.32 Å². The smallest absolute Gasteiger partial charge is 0.0205 e. The summed E-state index contributed by atoms with van der Waals surface area (Å²) in [4.78, 5) is 0. The van der Waals surface area contributed by atoms with E-state index in [0.29, 0.717) is 0 Å². The lowest BCUT2D eigenvalue weighted by Gasteiger charge is -2.21. The molecule has 2 nitrogen and oxygen atoms in total. The fourth-order valence-electron chi connectivity index (χ4n) is 2.58. The second-order valence-electron chi connectivity index (χ2n) is 4.03. The molecule has 0 amide bonds. The zero-order chi connectivity index (χ0) is 8.55. The lowest BCUT2D eigenvalue weighted by atomic mass is 10.0. The molecule has 0 aromatic carbocycles. The maximum absolute atomic E-state index is 3.48. The number of fused-ring (bicyclic) bond motifs is 1. The predicted octanol–water partition coefficient (Wildman–Crippen LogP) is 1.19. The molecule has 3 heteroatoms. The maximum Gasteiger partial charge on any atom is 0.0205 e. The van der Waals surface area contributed by atoms with Crippen molar-refractivity contribution in [2.24, 2.45) is 11.8 Å². The first-order valence-corrected chi connectivity index (χ1v) is 5.97. The van der Waals surface area contributed by atoms with Crippen molar-refractivity contribution >= 4 is 11.9 Å². The zero-order valence-electron chi connectivity index (χ0n) is 7.92. The Bertz CT molecular complexity index is 151. The molecule has 1 N–H and O–H groups in total. The maximum atomic E-state index is 3.48. The molecule has 0 bridgehead atoms. The Labute approximate surface area is 79.2 Å². The number of hydrogen-bond acceptors (Lipinski definition) is 3. The topological polar surface area (TPSA) is 15.3 Å². The van der Waals surface area contributed by atoms with Crippen molar-refractivity contribution in [3.05, 3.63) is 0 Å². The molecule has 12 heavy (non-hydrogen) atoms. The van der Waals surface area contributed by atoms with Crippen LogP contribution in [0.3, 0.4) is 0 Å². The second-order valence-corrected chi connectivity index (χ2v) is 4.97. The molecule has 0 spiro atoms. The van der Waals surface area contributed by atoms with Gasteiger partial charge in [-0.05, 0) is 51.1 Å². The van der Waals surface area contributed by atoms with Crippen LogP contribution in [0.2, 0.25) is 0 Å².